The first kappa shape index (κ1) is 33.8. The summed E-state index contributed by atoms with van der Waals surface area (Å²) in [4.78, 5) is 55.2. The second-order valence-corrected chi connectivity index (χ2v) is 10.7. The number of ether oxygens (including phenoxy) is 1. The van der Waals surface area contributed by atoms with E-state index >= 15 is 0 Å². The second kappa shape index (κ2) is 17.4. The third kappa shape index (κ3) is 10.2. The first-order valence-electron chi connectivity index (χ1n) is 14.9. The molecule has 3 rings (SSSR count). The Morgan fingerprint density at radius 3 is 2.30 bits per heavy atom. The third-order valence-corrected chi connectivity index (χ3v) is 7.07. The first-order chi connectivity index (χ1) is 21.2. The Kier molecular flexibility index (Phi) is 13.4. The summed E-state index contributed by atoms with van der Waals surface area (Å²) in [5.41, 5.74) is 3.58. The van der Waals surface area contributed by atoms with Crippen LogP contribution in [0.25, 0.3) is 22.5 Å². The zero-order chi connectivity index (χ0) is 31.9. The Labute approximate surface area is 256 Å². The molecule has 13 heteroatoms. The van der Waals surface area contributed by atoms with Crippen molar-refractivity contribution in [2.45, 2.75) is 78.3 Å². The van der Waals surface area contributed by atoms with E-state index in [0.29, 0.717) is 31.5 Å². The SMILES string of the molecule is CCCCC(=O)N(Cc1ccc(-c2ccccc2-c2nn[nH]n2)cc1)C(C(=O)CCC(=O)OCCCCO[N+](=O)[O-])C(C)C. The number of hydrogen-bond acceptors (Lipinski definition) is 10. The van der Waals surface area contributed by atoms with Crippen molar-refractivity contribution in [2.75, 3.05) is 13.2 Å². The van der Waals surface area contributed by atoms with Crippen LogP contribution in [0.5, 0.6) is 0 Å². The molecule has 0 saturated carbocycles. The zero-order valence-corrected chi connectivity index (χ0v) is 25.4. The van der Waals surface area contributed by atoms with Crippen molar-refractivity contribution in [3.05, 3.63) is 64.2 Å². The highest BCUT2D eigenvalue weighted by atomic mass is 16.9. The van der Waals surface area contributed by atoms with Gasteiger partial charge in [0, 0.05) is 24.9 Å². The number of tetrazole rings is 1. The average molecular weight is 609 g/mol. The van der Waals surface area contributed by atoms with E-state index in [4.69, 9.17) is 4.74 Å². The number of aromatic amines is 1. The maximum atomic E-state index is 13.5. The lowest BCUT2D eigenvalue weighted by atomic mass is 9.93. The number of ketones is 1. The molecule has 1 unspecified atom stereocenters. The van der Waals surface area contributed by atoms with Gasteiger partial charge in [-0.2, -0.15) is 5.21 Å². The predicted octanol–water partition coefficient (Wildman–Crippen LogP) is 4.96. The number of Topliss-reactive ketones (excluding diaryl/α,β-unsaturated/α-hetero) is 1. The summed E-state index contributed by atoms with van der Waals surface area (Å²) < 4.78 is 5.17. The lowest BCUT2D eigenvalue weighted by molar-refractivity contribution is -0.757. The number of H-pyrrole nitrogens is 1. The normalized spacial score (nSPS) is 11.6. The smallest absolute Gasteiger partial charge is 0.306 e. The van der Waals surface area contributed by atoms with Crippen molar-refractivity contribution in [1.82, 2.24) is 25.5 Å². The van der Waals surface area contributed by atoms with Crippen LogP contribution in [0.2, 0.25) is 0 Å². The number of esters is 1. The van der Waals surface area contributed by atoms with Crippen LogP contribution < -0.4 is 0 Å². The molecule has 0 fully saturated rings. The minimum atomic E-state index is -0.868. The Bertz CT molecular complexity index is 1360. The Morgan fingerprint density at radius 1 is 0.955 bits per heavy atom. The van der Waals surface area contributed by atoms with Crippen molar-refractivity contribution in [3.63, 3.8) is 0 Å². The summed E-state index contributed by atoms with van der Waals surface area (Å²) in [7, 11) is 0. The van der Waals surface area contributed by atoms with E-state index in [2.05, 4.69) is 25.5 Å². The van der Waals surface area contributed by atoms with Gasteiger partial charge in [-0.15, -0.1) is 20.3 Å². The van der Waals surface area contributed by atoms with E-state index in [1.54, 1.807) is 4.90 Å². The summed E-state index contributed by atoms with van der Waals surface area (Å²) in [6, 6.07) is 14.9. The van der Waals surface area contributed by atoms with Gasteiger partial charge in [-0.05, 0) is 47.1 Å². The van der Waals surface area contributed by atoms with Gasteiger partial charge >= 0.3 is 5.97 Å². The summed E-state index contributed by atoms with van der Waals surface area (Å²) >= 11 is 0. The molecule has 1 N–H and O–H groups in total. The lowest BCUT2D eigenvalue weighted by Gasteiger charge is -2.34. The van der Waals surface area contributed by atoms with Gasteiger partial charge in [0.1, 0.15) is 0 Å². The highest BCUT2D eigenvalue weighted by Crippen LogP contribution is 2.30. The van der Waals surface area contributed by atoms with Crippen LogP contribution in [0.4, 0.5) is 0 Å². The largest absolute Gasteiger partial charge is 0.466 e. The van der Waals surface area contributed by atoms with Crippen LogP contribution in [0.3, 0.4) is 0 Å². The van der Waals surface area contributed by atoms with Crippen LogP contribution in [0.15, 0.2) is 48.5 Å². The minimum Gasteiger partial charge on any atom is -0.466 e. The molecule has 0 bridgehead atoms. The topological polar surface area (TPSA) is 171 Å². The van der Waals surface area contributed by atoms with Crippen molar-refractivity contribution in [1.29, 1.82) is 0 Å². The number of benzene rings is 2. The maximum Gasteiger partial charge on any atom is 0.306 e. The lowest BCUT2D eigenvalue weighted by Crippen LogP contribution is -2.47. The summed E-state index contributed by atoms with van der Waals surface area (Å²) in [6.07, 6.45) is 2.48. The molecule has 2 aromatic carbocycles. The van der Waals surface area contributed by atoms with Crippen molar-refractivity contribution < 1.29 is 29.0 Å². The molecule has 0 aliphatic rings. The second-order valence-electron chi connectivity index (χ2n) is 10.7. The Hall–Kier alpha value is -4.68. The minimum absolute atomic E-state index is 0.0600. The van der Waals surface area contributed by atoms with Gasteiger partial charge < -0.3 is 14.5 Å². The van der Waals surface area contributed by atoms with Crippen LogP contribution in [-0.4, -0.2) is 67.5 Å². The highest BCUT2D eigenvalue weighted by Gasteiger charge is 2.32. The zero-order valence-electron chi connectivity index (χ0n) is 25.4. The van der Waals surface area contributed by atoms with E-state index in [-0.39, 0.29) is 50.2 Å². The van der Waals surface area contributed by atoms with Gasteiger partial charge in [0.2, 0.25) is 11.7 Å². The number of carbonyl (C=O) groups excluding carboxylic acids is 3. The number of aromatic nitrogens is 4. The van der Waals surface area contributed by atoms with E-state index in [1.807, 2.05) is 69.3 Å². The molecule has 1 aromatic heterocycles. The van der Waals surface area contributed by atoms with Gasteiger partial charge in [-0.1, -0.05) is 75.7 Å². The van der Waals surface area contributed by atoms with Crippen LogP contribution >= 0.6 is 0 Å². The van der Waals surface area contributed by atoms with E-state index in [9.17, 15) is 24.5 Å². The molecule has 44 heavy (non-hydrogen) atoms. The Morgan fingerprint density at radius 2 is 1.66 bits per heavy atom. The number of unbranched alkanes of at least 4 members (excludes halogenated alkanes) is 2. The molecule has 1 amide bonds. The first-order valence-corrected chi connectivity index (χ1v) is 14.9. The molecule has 0 saturated heterocycles. The number of amides is 1. The molecule has 1 atom stereocenters. The van der Waals surface area contributed by atoms with E-state index in [1.165, 1.54) is 0 Å². The number of carbonyl (C=O) groups is 3. The maximum absolute atomic E-state index is 13.5. The molecule has 1 heterocycles. The number of nitrogens with one attached hydrogen (secondary N) is 1. The number of rotatable bonds is 19. The van der Waals surface area contributed by atoms with Gasteiger partial charge in [-0.3, -0.25) is 14.4 Å². The highest BCUT2D eigenvalue weighted by molar-refractivity contribution is 5.91. The number of hydrogen-bond donors (Lipinski definition) is 1. The molecule has 0 radical (unpaired) electrons. The van der Waals surface area contributed by atoms with Crippen LogP contribution in [-0.2, 0) is 30.5 Å². The quantitative estimate of drug-likeness (QED) is 0.0849. The van der Waals surface area contributed by atoms with Gasteiger partial charge in [0.05, 0.1) is 25.7 Å². The van der Waals surface area contributed by atoms with Crippen molar-refractivity contribution >= 4 is 17.7 Å². The molecule has 0 aliphatic carbocycles. The fourth-order valence-corrected chi connectivity index (χ4v) is 4.89. The molecular weight excluding hydrogens is 568 g/mol. The predicted molar refractivity (Wildman–Crippen MR) is 161 cm³/mol. The molecule has 3 aromatic rings. The van der Waals surface area contributed by atoms with Gasteiger partial charge in [0.25, 0.3) is 5.09 Å². The molecular formula is C31H40N6O7. The standard InChI is InChI=1S/C31H40N6O7/c1-4-5-12-28(39)36(30(22(2)3)27(38)17-18-29(40)43-19-8-9-20-44-37(41)42)21-23-13-15-24(16-14-23)25-10-6-7-11-26(25)31-32-34-35-33-31/h6-7,10-11,13-16,22,30H,4-5,8-9,12,17-21H2,1-3H3,(H,32,33,34,35). The molecule has 0 aliphatic heterocycles. The van der Waals surface area contributed by atoms with Gasteiger partial charge in [-0.25, -0.2) is 0 Å². The number of nitrogens with zero attached hydrogens (tertiary/aromatic N) is 5. The summed E-state index contributed by atoms with van der Waals surface area (Å²) in [5, 5.41) is 23.7. The van der Waals surface area contributed by atoms with Gasteiger partial charge in [0.15, 0.2) is 5.78 Å². The van der Waals surface area contributed by atoms with E-state index in [0.717, 1.165) is 28.7 Å². The Balaban J connectivity index is 1.69. The molecule has 13 nitrogen and oxygen atoms in total. The van der Waals surface area contributed by atoms with Crippen molar-refractivity contribution in [3.8, 4) is 22.5 Å². The van der Waals surface area contributed by atoms with E-state index < -0.39 is 17.1 Å². The molecule has 236 valence electrons. The third-order valence-electron chi connectivity index (χ3n) is 7.07. The average Bonchev–Trinajstić information content (AvgIpc) is 3.55. The van der Waals surface area contributed by atoms with Crippen LogP contribution in [0.1, 0.15) is 71.3 Å². The molecule has 0 spiro atoms. The summed E-state index contributed by atoms with van der Waals surface area (Å²) in [6.45, 7) is 6.06. The van der Waals surface area contributed by atoms with Crippen molar-refractivity contribution in [2.24, 2.45) is 5.92 Å². The van der Waals surface area contributed by atoms with Crippen LogP contribution in [0, 0.1) is 16.0 Å². The summed E-state index contributed by atoms with van der Waals surface area (Å²) in [5.74, 6) is -0.526. The monoisotopic (exact) mass is 608 g/mol. The fraction of sp³-hybridized carbons (Fsp3) is 0.484. The fourth-order valence-electron chi connectivity index (χ4n) is 4.89.